The van der Waals surface area contributed by atoms with Gasteiger partial charge >= 0.3 is 0 Å². The number of hydrogen-bond donors (Lipinski definition) is 2. The maximum Gasteiger partial charge on any atom is 0.255 e. The maximum atomic E-state index is 12.2. The topological polar surface area (TPSA) is 80.9 Å². The molecule has 7 heteroatoms. The van der Waals surface area contributed by atoms with E-state index in [2.05, 4.69) is 15.3 Å². The summed E-state index contributed by atoms with van der Waals surface area (Å²) >= 11 is 12.1. The van der Waals surface area contributed by atoms with Gasteiger partial charge in [-0.1, -0.05) is 23.2 Å². The van der Waals surface area contributed by atoms with Crippen LogP contribution in [0.3, 0.4) is 0 Å². The molecule has 110 valence electrons. The number of anilines is 1. The fourth-order valence-corrected chi connectivity index (χ4v) is 2.49. The van der Waals surface area contributed by atoms with Gasteiger partial charge in [-0.05, 0) is 32.0 Å². The number of carbonyl (C=O) groups excluding carboxylic acids is 1. The smallest absolute Gasteiger partial charge is 0.255 e. The first kappa shape index (κ1) is 15.5. The van der Waals surface area contributed by atoms with E-state index < -0.39 is 0 Å². The molecule has 2 rings (SSSR count). The van der Waals surface area contributed by atoms with Crippen LogP contribution < -0.4 is 11.1 Å². The lowest BCUT2D eigenvalue weighted by molar-refractivity contribution is 0.0955. The van der Waals surface area contributed by atoms with Crippen molar-refractivity contribution in [3.8, 4) is 11.3 Å². The fourth-order valence-electron chi connectivity index (χ4n) is 1.99. The third-order valence-electron chi connectivity index (χ3n) is 2.86. The summed E-state index contributed by atoms with van der Waals surface area (Å²) in [4.78, 5) is 20.5. The van der Waals surface area contributed by atoms with Crippen LogP contribution in [0, 0.1) is 6.92 Å². The highest BCUT2D eigenvalue weighted by atomic mass is 35.5. The second-order valence-electron chi connectivity index (χ2n) is 4.37. The quantitative estimate of drug-likeness (QED) is 0.909. The summed E-state index contributed by atoms with van der Waals surface area (Å²) in [5.41, 5.74) is 7.53. The monoisotopic (exact) mass is 324 g/mol. The van der Waals surface area contributed by atoms with Gasteiger partial charge < -0.3 is 11.1 Å². The molecule has 3 N–H and O–H groups in total. The molecule has 0 unspecified atom stereocenters. The third kappa shape index (κ3) is 3.25. The van der Waals surface area contributed by atoms with Crippen LogP contribution in [-0.4, -0.2) is 22.4 Å². The molecule has 21 heavy (non-hydrogen) atoms. The molecular weight excluding hydrogens is 311 g/mol. The highest BCUT2D eigenvalue weighted by Gasteiger charge is 2.20. The van der Waals surface area contributed by atoms with E-state index in [0.717, 1.165) is 0 Å². The number of halogens is 2. The lowest BCUT2D eigenvalue weighted by Gasteiger charge is -2.13. The normalized spacial score (nSPS) is 10.5. The summed E-state index contributed by atoms with van der Waals surface area (Å²) < 4.78 is 0. The molecule has 0 radical (unpaired) electrons. The van der Waals surface area contributed by atoms with Crippen molar-refractivity contribution < 1.29 is 4.79 Å². The second kappa shape index (κ2) is 6.28. The molecular formula is C14H14Cl2N4O. The molecule has 0 aliphatic heterocycles. The van der Waals surface area contributed by atoms with E-state index in [-0.39, 0.29) is 11.9 Å². The summed E-state index contributed by atoms with van der Waals surface area (Å²) in [7, 11) is 0. The number of nitrogen functional groups attached to an aromatic ring is 1. The molecule has 1 aromatic carbocycles. The van der Waals surface area contributed by atoms with Gasteiger partial charge in [0.15, 0.2) is 0 Å². The minimum absolute atomic E-state index is 0.0848. The molecule has 0 aliphatic rings. The van der Waals surface area contributed by atoms with Crippen LogP contribution in [0.1, 0.15) is 23.0 Å². The van der Waals surface area contributed by atoms with Crippen LogP contribution in [-0.2, 0) is 0 Å². The van der Waals surface area contributed by atoms with E-state index in [1.54, 1.807) is 25.1 Å². The molecule has 2 aromatic rings. The highest BCUT2D eigenvalue weighted by Crippen LogP contribution is 2.32. The van der Waals surface area contributed by atoms with Gasteiger partial charge in [0.2, 0.25) is 5.95 Å². The molecule has 1 heterocycles. The summed E-state index contributed by atoms with van der Waals surface area (Å²) in [6, 6.07) is 4.97. The van der Waals surface area contributed by atoms with Crippen LogP contribution in [0.2, 0.25) is 10.0 Å². The van der Waals surface area contributed by atoms with Crippen molar-refractivity contribution in [2.45, 2.75) is 13.8 Å². The first-order chi connectivity index (χ1) is 9.93. The predicted octanol–water partition coefficient (Wildman–Crippen LogP) is 3.09. The van der Waals surface area contributed by atoms with Crippen molar-refractivity contribution in [1.29, 1.82) is 0 Å². The molecule has 0 atom stereocenters. The Hall–Kier alpha value is -1.85. The van der Waals surface area contributed by atoms with Crippen LogP contribution in [0.4, 0.5) is 5.95 Å². The van der Waals surface area contributed by atoms with E-state index in [0.29, 0.717) is 39.1 Å². The zero-order chi connectivity index (χ0) is 15.6. The number of carbonyl (C=O) groups is 1. The molecule has 1 amide bonds. The molecule has 0 aliphatic carbocycles. The van der Waals surface area contributed by atoms with Gasteiger partial charge in [-0.2, -0.15) is 0 Å². The number of aryl methyl sites for hydroxylation is 1. The summed E-state index contributed by atoms with van der Waals surface area (Å²) in [5.74, 6) is -0.183. The van der Waals surface area contributed by atoms with E-state index in [1.807, 2.05) is 6.92 Å². The van der Waals surface area contributed by atoms with E-state index in [9.17, 15) is 4.79 Å². The van der Waals surface area contributed by atoms with E-state index >= 15 is 0 Å². The summed E-state index contributed by atoms with van der Waals surface area (Å²) in [6.07, 6.45) is 0. The van der Waals surface area contributed by atoms with Crippen molar-refractivity contribution in [1.82, 2.24) is 15.3 Å². The van der Waals surface area contributed by atoms with Gasteiger partial charge in [-0.3, -0.25) is 4.79 Å². The van der Waals surface area contributed by atoms with E-state index in [4.69, 9.17) is 28.9 Å². The Morgan fingerprint density at radius 1 is 1.33 bits per heavy atom. The van der Waals surface area contributed by atoms with Crippen LogP contribution >= 0.6 is 23.2 Å². The Kier molecular flexibility index (Phi) is 4.65. The van der Waals surface area contributed by atoms with Gasteiger partial charge in [0.1, 0.15) is 0 Å². The average molecular weight is 325 g/mol. The lowest BCUT2D eigenvalue weighted by Crippen LogP contribution is -2.25. The van der Waals surface area contributed by atoms with Crippen molar-refractivity contribution in [2.75, 3.05) is 12.3 Å². The van der Waals surface area contributed by atoms with Gasteiger partial charge in [0.05, 0.1) is 22.0 Å². The number of rotatable bonds is 3. The first-order valence-electron chi connectivity index (χ1n) is 6.31. The zero-order valence-corrected chi connectivity index (χ0v) is 13.1. The van der Waals surface area contributed by atoms with Crippen LogP contribution in [0.15, 0.2) is 18.2 Å². The van der Waals surface area contributed by atoms with Crippen molar-refractivity contribution in [3.63, 3.8) is 0 Å². The number of nitrogens with two attached hydrogens (primary N) is 1. The fraction of sp³-hybridized carbons (Fsp3) is 0.214. The minimum Gasteiger partial charge on any atom is -0.368 e. The Balaban J connectivity index is 2.69. The second-order valence-corrected chi connectivity index (χ2v) is 5.22. The van der Waals surface area contributed by atoms with Crippen molar-refractivity contribution in [3.05, 3.63) is 39.5 Å². The third-order valence-corrected chi connectivity index (χ3v) is 3.41. The number of nitrogens with one attached hydrogen (secondary N) is 1. The van der Waals surface area contributed by atoms with Gasteiger partial charge in [-0.25, -0.2) is 9.97 Å². The molecule has 0 saturated heterocycles. The van der Waals surface area contributed by atoms with Crippen molar-refractivity contribution in [2.24, 2.45) is 0 Å². The summed E-state index contributed by atoms with van der Waals surface area (Å²) in [6.45, 7) is 4.03. The molecule has 0 bridgehead atoms. The Labute approximate surface area is 132 Å². The SMILES string of the molecule is CCNC(=O)c1c(C)nc(N)nc1-c1ccc(Cl)cc1Cl. The number of hydrogen-bond acceptors (Lipinski definition) is 4. The number of benzene rings is 1. The average Bonchev–Trinajstić information content (AvgIpc) is 2.37. The predicted molar refractivity (Wildman–Crippen MR) is 84.6 cm³/mol. The molecule has 0 saturated carbocycles. The van der Waals surface area contributed by atoms with Crippen molar-refractivity contribution >= 4 is 35.1 Å². The first-order valence-corrected chi connectivity index (χ1v) is 7.07. The molecule has 1 aromatic heterocycles. The Bertz CT molecular complexity index is 704. The molecule has 0 fully saturated rings. The van der Waals surface area contributed by atoms with Crippen LogP contribution in [0.25, 0.3) is 11.3 Å². The van der Waals surface area contributed by atoms with Gasteiger partial charge in [0, 0.05) is 17.1 Å². The largest absolute Gasteiger partial charge is 0.368 e. The number of nitrogens with zero attached hydrogens (tertiary/aromatic N) is 2. The summed E-state index contributed by atoms with van der Waals surface area (Å²) in [5, 5.41) is 3.63. The number of amides is 1. The van der Waals surface area contributed by atoms with Gasteiger partial charge in [0.25, 0.3) is 5.91 Å². The number of aromatic nitrogens is 2. The minimum atomic E-state index is -0.268. The Morgan fingerprint density at radius 2 is 2.05 bits per heavy atom. The molecule has 0 spiro atoms. The Morgan fingerprint density at radius 3 is 2.67 bits per heavy atom. The molecule has 5 nitrogen and oxygen atoms in total. The highest BCUT2D eigenvalue weighted by molar-refractivity contribution is 6.36. The zero-order valence-electron chi connectivity index (χ0n) is 11.6. The van der Waals surface area contributed by atoms with Gasteiger partial charge in [-0.15, -0.1) is 0 Å². The van der Waals surface area contributed by atoms with Crippen LogP contribution in [0.5, 0.6) is 0 Å². The van der Waals surface area contributed by atoms with E-state index in [1.165, 1.54) is 0 Å². The lowest BCUT2D eigenvalue weighted by atomic mass is 10.0. The maximum absolute atomic E-state index is 12.2. The standard InChI is InChI=1S/C14H14Cl2N4O/c1-3-18-13(21)11-7(2)19-14(17)20-12(11)9-5-4-8(15)6-10(9)16/h4-6H,3H2,1-2H3,(H,18,21)(H2,17,19,20).